The summed E-state index contributed by atoms with van der Waals surface area (Å²) in [5.41, 5.74) is 4.72. The summed E-state index contributed by atoms with van der Waals surface area (Å²) < 4.78 is 6.73. The molecule has 6 rings (SSSR count). The second-order valence-electron chi connectivity index (χ2n) is 10.7. The number of para-hydroxylation sites is 2. The molecule has 0 aliphatic heterocycles. The predicted octanol–water partition coefficient (Wildman–Crippen LogP) is 8.79. The van der Waals surface area contributed by atoms with E-state index in [0.717, 1.165) is 26.0 Å². The van der Waals surface area contributed by atoms with Crippen LogP contribution in [0.2, 0.25) is 0 Å². The topological polar surface area (TPSA) is 113 Å². The van der Waals surface area contributed by atoms with E-state index in [1.54, 1.807) is 48.5 Å². The van der Waals surface area contributed by atoms with E-state index in [9.17, 15) is 14.4 Å². The fraction of sp³-hybridized carbons (Fsp3) is 0.0526. The van der Waals surface area contributed by atoms with Gasteiger partial charge < -0.3 is 20.4 Å². The van der Waals surface area contributed by atoms with E-state index in [1.165, 1.54) is 11.8 Å². The normalized spacial score (nSPS) is 11.9. The van der Waals surface area contributed by atoms with Crippen molar-refractivity contribution in [3.05, 3.63) is 149 Å². The van der Waals surface area contributed by atoms with Crippen molar-refractivity contribution >= 4 is 74.0 Å². The summed E-state index contributed by atoms with van der Waals surface area (Å²) in [6, 6.07) is 38.2. The molecule has 1 unspecified atom stereocenters. The van der Waals surface area contributed by atoms with E-state index in [1.807, 2.05) is 91.9 Å². The molecule has 1 aromatic heterocycles. The number of carbonyl (C=O) groups excluding carboxylic acids is 3. The fourth-order valence-corrected chi connectivity index (χ4v) is 5.90. The standard InChI is InChI=1S/C38H29BrN4O4S/c1-24(35(44)40-29-20-16-27(17-21-29)38-43-32-12-5-6-13-34(32)47-38)48-31-11-7-10-30(23-31)41-37(46)33(22-25-14-18-28(39)19-15-25)42-36(45)26-8-3-2-4-9-26/h2-24H,1H3,(H,40,44)(H,41,46)(H,42,45)/b33-22-. The Balaban J connectivity index is 1.10. The average Bonchev–Trinajstić information content (AvgIpc) is 3.54. The van der Waals surface area contributed by atoms with Crippen molar-refractivity contribution in [2.24, 2.45) is 0 Å². The maximum Gasteiger partial charge on any atom is 0.272 e. The summed E-state index contributed by atoms with van der Waals surface area (Å²) in [5.74, 6) is -0.553. The summed E-state index contributed by atoms with van der Waals surface area (Å²) in [4.78, 5) is 44.8. The number of aromatic nitrogens is 1. The van der Waals surface area contributed by atoms with Gasteiger partial charge >= 0.3 is 0 Å². The van der Waals surface area contributed by atoms with Crippen molar-refractivity contribution in [2.45, 2.75) is 17.1 Å². The van der Waals surface area contributed by atoms with Crippen LogP contribution in [0.1, 0.15) is 22.8 Å². The quantitative estimate of drug-likeness (QED) is 0.0965. The number of hydrogen-bond donors (Lipinski definition) is 3. The highest BCUT2D eigenvalue weighted by Crippen LogP contribution is 2.28. The zero-order valence-corrected chi connectivity index (χ0v) is 28.0. The third-order valence-electron chi connectivity index (χ3n) is 7.18. The van der Waals surface area contributed by atoms with Gasteiger partial charge in [-0.3, -0.25) is 14.4 Å². The molecule has 0 aliphatic carbocycles. The summed E-state index contributed by atoms with van der Waals surface area (Å²) in [6.45, 7) is 1.82. The van der Waals surface area contributed by atoms with Gasteiger partial charge in [-0.2, -0.15) is 0 Å². The van der Waals surface area contributed by atoms with E-state index < -0.39 is 17.1 Å². The van der Waals surface area contributed by atoms with Crippen LogP contribution in [0.5, 0.6) is 0 Å². The Kier molecular flexibility index (Phi) is 10.1. The minimum Gasteiger partial charge on any atom is -0.436 e. The van der Waals surface area contributed by atoms with E-state index in [-0.39, 0.29) is 11.6 Å². The number of hydrogen-bond acceptors (Lipinski definition) is 6. The summed E-state index contributed by atoms with van der Waals surface area (Å²) in [7, 11) is 0. The summed E-state index contributed by atoms with van der Waals surface area (Å²) in [6.07, 6.45) is 1.62. The molecule has 1 heterocycles. The molecular weight excluding hydrogens is 688 g/mol. The zero-order chi connectivity index (χ0) is 33.5. The molecule has 0 bridgehead atoms. The Labute approximate surface area is 289 Å². The van der Waals surface area contributed by atoms with Crippen molar-refractivity contribution in [3.63, 3.8) is 0 Å². The zero-order valence-electron chi connectivity index (χ0n) is 25.6. The minimum atomic E-state index is -0.489. The molecule has 238 valence electrons. The predicted molar refractivity (Wildman–Crippen MR) is 194 cm³/mol. The lowest BCUT2D eigenvalue weighted by Crippen LogP contribution is -2.30. The van der Waals surface area contributed by atoms with Gasteiger partial charge in [0.2, 0.25) is 11.8 Å². The largest absolute Gasteiger partial charge is 0.436 e. The van der Waals surface area contributed by atoms with Crippen LogP contribution >= 0.6 is 27.7 Å². The Bertz CT molecular complexity index is 2080. The van der Waals surface area contributed by atoms with Crippen molar-refractivity contribution in [2.75, 3.05) is 10.6 Å². The van der Waals surface area contributed by atoms with Crippen LogP contribution in [0.3, 0.4) is 0 Å². The highest BCUT2D eigenvalue weighted by molar-refractivity contribution is 9.10. The Morgan fingerprint density at radius 3 is 2.27 bits per heavy atom. The first-order valence-corrected chi connectivity index (χ1v) is 16.7. The Morgan fingerprint density at radius 2 is 1.52 bits per heavy atom. The Morgan fingerprint density at radius 1 is 0.792 bits per heavy atom. The van der Waals surface area contributed by atoms with Gasteiger partial charge in [-0.05, 0) is 97.4 Å². The van der Waals surface area contributed by atoms with Crippen molar-refractivity contribution in [3.8, 4) is 11.5 Å². The highest BCUT2D eigenvalue weighted by Gasteiger charge is 2.18. The van der Waals surface area contributed by atoms with Gasteiger partial charge in [-0.15, -0.1) is 11.8 Å². The monoisotopic (exact) mass is 716 g/mol. The van der Waals surface area contributed by atoms with Crippen molar-refractivity contribution < 1.29 is 18.8 Å². The third kappa shape index (κ3) is 8.28. The summed E-state index contributed by atoms with van der Waals surface area (Å²) >= 11 is 4.78. The first-order chi connectivity index (χ1) is 23.3. The van der Waals surface area contributed by atoms with Gasteiger partial charge in [0, 0.05) is 31.9 Å². The molecule has 10 heteroatoms. The molecule has 48 heavy (non-hydrogen) atoms. The number of halogens is 1. The number of rotatable bonds is 10. The van der Waals surface area contributed by atoms with Gasteiger partial charge in [0.05, 0.1) is 5.25 Å². The average molecular weight is 718 g/mol. The fourth-order valence-electron chi connectivity index (χ4n) is 4.71. The van der Waals surface area contributed by atoms with Crippen LogP contribution in [0.4, 0.5) is 11.4 Å². The number of oxazole rings is 1. The molecule has 0 saturated carbocycles. The first-order valence-electron chi connectivity index (χ1n) is 15.0. The van der Waals surface area contributed by atoms with Crippen LogP contribution in [-0.4, -0.2) is 28.0 Å². The first kappa shape index (κ1) is 32.5. The van der Waals surface area contributed by atoms with Gasteiger partial charge in [-0.25, -0.2) is 4.98 Å². The molecule has 0 radical (unpaired) electrons. The maximum atomic E-state index is 13.5. The molecule has 0 spiro atoms. The number of nitrogens with zero attached hydrogens (tertiary/aromatic N) is 1. The lowest BCUT2D eigenvalue weighted by molar-refractivity contribution is -0.115. The molecular formula is C38H29BrN4O4S. The number of amides is 3. The van der Waals surface area contributed by atoms with E-state index in [4.69, 9.17) is 4.42 Å². The van der Waals surface area contributed by atoms with Crippen LogP contribution in [-0.2, 0) is 9.59 Å². The molecule has 1 atom stereocenters. The molecule has 3 N–H and O–H groups in total. The van der Waals surface area contributed by atoms with Crippen LogP contribution in [0.25, 0.3) is 28.6 Å². The molecule has 0 aliphatic rings. The third-order valence-corrected chi connectivity index (χ3v) is 8.80. The molecule has 3 amide bonds. The number of anilines is 2. The smallest absolute Gasteiger partial charge is 0.272 e. The van der Waals surface area contributed by atoms with Crippen LogP contribution < -0.4 is 16.0 Å². The lowest BCUT2D eigenvalue weighted by atomic mass is 10.1. The van der Waals surface area contributed by atoms with E-state index >= 15 is 0 Å². The van der Waals surface area contributed by atoms with Gasteiger partial charge in [0.25, 0.3) is 11.8 Å². The SMILES string of the molecule is CC(Sc1cccc(NC(=O)/C(=C/c2ccc(Br)cc2)NC(=O)c2ccccc2)c1)C(=O)Nc1ccc(-c2nc3ccccc3o2)cc1. The van der Waals surface area contributed by atoms with E-state index in [2.05, 4.69) is 36.9 Å². The van der Waals surface area contributed by atoms with Crippen molar-refractivity contribution in [1.29, 1.82) is 0 Å². The second-order valence-corrected chi connectivity index (χ2v) is 13.1. The van der Waals surface area contributed by atoms with Crippen LogP contribution in [0, 0.1) is 0 Å². The summed E-state index contributed by atoms with van der Waals surface area (Å²) in [5, 5.41) is 8.15. The number of benzene rings is 5. The minimum absolute atomic E-state index is 0.0825. The molecule has 0 saturated heterocycles. The van der Waals surface area contributed by atoms with Gasteiger partial charge in [-0.1, -0.05) is 64.5 Å². The van der Waals surface area contributed by atoms with E-state index in [0.29, 0.717) is 28.4 Å². The number of thioether (sulfide) groups is 1. The van der Waals surface area contributed by atoms with Gasteiger partial charge in [0.15, 0.2) is 5.58 Å². The number of fused-ring (bicyclic) bond motifs is 1. The maximum absolute atomic E-state index is 13.5. The van der Waals surface area contributed by atoms with Crippen LogP contribution in [0.15, 0.2) is 147 Å². The van der Waals surface area contributed by atoms with Gasteiger partial charge in [0.1, 0.15) is 11.2 Å². The lowest BCUT2D eigenvalue weighted by Gasteiger charge is -2.14. The molecule has 5 aromatic carbocycles. The molecule has 8 nitrogen and oxygen atoms in total. The molecule has 0 fully saturated rings. The number of carbonyl (C=O) groups is 3. The Hall–Kier alpha value is -5.45. The number of nitrogens with one attached hydrogen (secondary N) is 3. The highest BCUT2D eigenvalue weighted by atomic mass is 79.9. The van der Waals surface area contributed by atoms with Crippen molar-refractivity contribution in [1.82, 2.24) is 10.3 Å². The second kappa shape index (κ2) is 15.0. The molecule has 6 aromatic rings.